The van der Waals surface area contributed by atoms with Crippen molar-refractivity contribution in [2.75, 3.05) is 5.73 Å². The third-order valence-electron chi connectivity index (χ3n) is 3.85. The minimum Gasteiger partial charge on any atom is -0.378 e. The van der Waals surface area contributed by atoms with Gasteiger partial charge in [-0.25, -0.2) is 10.1 Å². The number of benzene rings is 2. The quantitative estimate of drug-likeness (QED) is 0.400. The lowest BCUT2D eigenvalue weighted by atomic mass is 10.0. The minimum atomic E-state index is -0.533. The molecular formula is C18H14N8O2. The lowest BCUT2D eigenvalue weighted by Gasteiger charge is -2.05. The number of anilines is 1. The monoisotopic (exact) mass is 374 g/mol. The molecule has 3 N–H and O–H groups in total. The summed E-state index contributed by atoms with van der Waals surface area (Å²) in [4.78, 5) is 12.2. The van der Waals surface area contributed by atoms with E-state index in [2.05, 4.69) is 35.8 Å². The Balaban J connectivity index is 1.48. The molecule has 0 aliphatic heterocycles. The minimum absolute atomic E-state index is 0.0346. The maximum absolute atomic E-state index is 12.2. The first-order valence-corrected chi connectivity index (χ1v) is 8.21. The van der Waals surface area contributed by atoms with Crippen LogP contribution in [0.15, 0.2) is 70.5 Å². The molecule has 0 radical (unpaired) electrons. The van der Waals surface area contributed by atoms with Crippen molar-refractivity contribution in [1.29, 1.82) is 0 Å². The first-order chi connectivity index (χ1) is 13.7. The number of nitrogens with one attached hydrogen (secondary N) is 1. The van der Waals surface area contributed by atoms with Crippen LogP contribution in [0.3, 0.4) is 0 Å². The summed E-state index contributed by atoms with van der Waals surface area (Å²) in [5.74, 6) is -0.353. The Morgan fingerprint density at radius 2 is 1.89 bits per heavy atom. The summed E-state index contributed by atoms with van der Waals surface area (Å²) in [6.07, 6.45) is 2.92. The van der Waals surface area contributed by atoms with Gasteiger partial charge in [0.05, 0.1) is 12.4 Å². The number of hydrazone groups is 1. The normalized spacial score (nSPS) is 11.0. The van der Waals surface area contributed by atoms with Gasteiger partial charge in [0.1, 0.15) is 0 Å². The first-order valence-electron chi connectivity index (χ1n) is 8.21. The summed E-state index contributed by atoms with van der Waals surface area (Å²) in [6.45, 7) is 0. The van der Waals surface area contributed by atoms with Crippen molar-refractivity contribution in [3.8, 4) is 16.9 Å². The van der Waals surface area contributed by atoms with E-state index >= 15 is 0 Å². The Morgan fingerprint density at radius 3 is 2.68 bits per heavy atom. The third-order valence-corrected chi connectivity index (χ3v) is 3.85. The van der Waals surface area contributed by atoms with E-state index in [1.54, 1.807) is 6.21 Å². The Bertz CT molecular complexity index is 1130. The molecule has 0 saturated heterocycles. The second-order valence-electron chi connectivity index (χ2n) is 5.67. The Morgan fingerprint density at radius 1 is 1.11 bits per heavy atom. The summed E-state index contributed by atoms with van der Waals surface area (Å²) in [5, 5.41) is 18.6. The van der Waals surface area contributed by atoms with Gasteiger partial charge in [-0.05, 0) is 21.4 Å². The predicted molar refractivity (Wildman–Crippen MR) is 101 cm³/mol. The van der Waals surface area contributed by atoms with Crippen LogP contribution in [0.2, 0.25) is 0 Å². The summed E-state index contributed by atoms with van der Waals surface area (Å²) in [6, 6.07) is 17.6. The number of amides is 1. The van der Waals surface area contributed by atoms with Crippen LogP contribution in [-0.2, 0) is 0 Å². The predicted octanol–water partition coefficient (Wildman–Crippen LogP) is 1.66. The van der Waals surface area contributed by atoms with Crippen molar-refractivity contribution >= 4 is 17.9 Å². The molecule has 0 aliphatic rings. The van der Waals surface area contributed by atoms with Gasteiger partial charge < -0.3 is 5.73 Å². The van der Waals surface area contributed by atoms with Crippen LogP contribution in [0.5, 0.6) is 0 Å². The van der Waals surface area contributed by atoms with E-state index in [0.29, 0.717) is 0 Å². The van der Waals surface area contributed by atoms with Crippen LogP contribution in [0.1, 0.15) is 16.1 Å². The molecular weight excluding hydrogens is 360 g/mol. The van der Waals surface area contributed by atoms with Gasteiger partial charge in [-0.15, -0.1) is 5.10 Å². The van der Waals surface area contributed by atoms with Gasteiger partial charge in [0.2, 0.25) is 11.6 Å². The Kier molecular flexibility index (Phi) is 4.58. The molecule has 1 amide bonds. The number of nitrogens with zero attached hydrogens (tertiary/aromatic N) is 6. The first kappa shape index (κ1) is 17.1. The smallest absolute Gasteiger partial charge is 0.293 e. The molecule has 4 rings (SSSR count). The molecule has 0 aliphatic carbocycles. The highest BCUT2D eigenvalue weighted by atomic mass is 16.6. The topological polar surface area (TPSA) is 137 Å². The van der Waals surface area contributed by atoms with E-state index in [1.807, 2.05) is 54.6 Å². The number of nitrogen functional groups attached to an aromatic ring is 1. The summed E-state index contributed by atoms with van der Waals surface area (Å²) in [5.41, 5.74) is 11.0. The Hall–Kier alpha value is -4.34. The molecule has 4 aromatic rings. The molecule has 0 spiro atoms. The number of nitrogens with two attached hydrogens (primary N) is 1. The van der Waals surface area contributed by atoms with Crippen molar-refractivity contribution < 1.29 is 9.42 Å². The van der Waals surface area contributed by atoms with Crippen molar-refractivity contribution in [3.63, 3.8) is 0 Å². The number of hydrogen-bond donors (Lipinski definition) is 2. The summed E-state index contributed by atoms with van der Waals surface area (Å²) in [7, 11) is 0. The molecule has 0 saturated carbocycles. The average Bonchev–Trinajstić information content (AvgIpc) is 3.38. The van der Waals surface area contributed by atoms with Crippen molar-refractivity contribution in [2.24, 2.45) is 5.10 Å². The zero-order chi connectivity index (χ0) is 19.3. The van der Waals surface area contributed by atoms with Crippen LogP contribution in [-0.4, -0.2) is 37.4 Å². The molecule has 10 nitrogen and oxygen atoms in total. The molecule has 28 heavy (non-hydrogen) atoms. The standard InChI is InChI=1S/C18H14N8O2/c19-16-17(24-28-23-16)26-11-15(21-25-26)18(27)22-20-10-13-8-4-5-9-14(13)12-6-2-1-3-7-12/h1-11H,(H2,19,23)(H,22,27). The number of rotatable bonds is 5. The van der Waals surface area contributed by atoms with Crippen LogP contribution >= 0.6 is 0 Å². The van der Waals surface area contributed by atoms with Crippen LogP contribution in [0.4, 0.5) is 5.82 Å². The highest BCUT2D eigenvalue weighted by Crippen LogP contribution is 2.21. The SMILES string of the molecule is Nc1nonc1-n1cc(C(=O)NN=Cc2ccccc2-c2ccccc2)nn1. The maximum Gasteiger partial charge on any atom is 0.293 e. The van der Waals surface area contributed by atoms with Crippen LogP contribution < -0.4 is 11.2 Å². The van der Waals surface area contributed by atoms with E-state index in [0.717, 1.165) is 16.7 Å². The fraction of sp³-hybridized carbons (Fsp3) is 0. The number of carbonyl (C=O) groups excluding carboxylic acids is 1. The molecule has 2 aromatic heterocycles. The van der Waals surface area contributed by atoms with Gasteiger partial charge in [0.15, 0.2) is 5.69 Å². The van der Waals surface area contributed by atoms with Gasteiger partial charge in [0, 0.05) is 5.56 Å². The van der Waals surface area contributed by atoms with Crippen molar-refractivity contribution in [3.05, 3.63) is 72.1 Å². The number of aromatic nitrogens is 5. The molecule has 0 bridgehead atoms. The zero-order valence-corrected chi connectivity index (χ0v) is 14.4. The van der Waals surface area contributed by atoms with Crippen LogP contribution in [0.25, 0.3) is 16.9 Å². The highest BCUT2D eigenvalue weighted by Gasteiger charge is 2.15. The van der Waals surface area contributed by atoms with Crippen LogP contribution in [0, 0.1) is 0 Å². The number of carbonyl (C=O) groups is 1. The molecule has 2 aromatic carbocycles. The molecule has 0 atom stereocenters. The molecule has 2 heterocycles. The zero-order valence-electron chi connectivity index (χ0n) is 14.4. The highest BCUT2D eigenvalue weighted by molar-refractivity contribution is 5.94. The van der Waals surface area contributed by atoms with Crippen molar-refractivity contribution in [2.45, 2.75) is 0 Å². The lowest BCUT2D eigenvalue weighted by Crippen LogP contribution is -2.18. The van der Waals surface area contributed by atoms with E-state index in [-0.39, 0.29) is 17.3 Å². The molecule has 138 valence electrons. The Labute approximate surface area is 158 Å². The number of hydrogen-bond acceptors (Lipinski definition) is 8. The fourth-order valence-corrected chi connectivity index (χ4v) is 2.53. The maximum atomic E-state index is 12.2. The van der Waals surface area contributed by atoms with Gasteiger partial charge >= 0.3 is 0 Å². The van der Waals surface area contributed by atoms with E-state index in [1.165, 1.54) is 10.9 Å². The average molecular weight is 374 g/mol. The third kappa shape index (κ3) is 3.46. The van der Waals surface area contributed by atoms with Gasteiger partial charge in [-0.1, -0.05) is 59.8 Å². The van der Waals surface area contributed by atoms with Gasteiger partial charge in [-0.2, -0.15) is 9.78 Å². The summed E-state index contributed by atoms with van der Waals surface area (Å²) < 4.78 is 5.68. The summed E-state index contributed by atoms with van der Waals surface area (Å²) >= 11 is 0. The van der Waals surface area contributed by atoms with Crippen molar-refractivity contribution in [1.82, 2.24) is 30.7 Å². The molecule has 0 fully saturated rings. The lowest BCUT2D eigenvalue weighted by molar-refractivity contribution is 0.0950. The van der Waals surface area contributed by atoms with Gasteiger partial charge in [-0.3, -0.25) is 4.79 Å². The van der Waals surface area contributed by atoms with E-state index < -0.39 is 5.91 Å². The van der Waals surface area contributed by atoms with E-state index in [9.17, 15) is 4.79 Å². The second kappa shape index (κ2) is 7.50. The van der Waals surface area contributed by atoms with Gasteiger partial charge in [0.25, 0.3) is 5.91 Å². The second-order valence-corrected chi connectivity index (χ2v) is 5.67. The largest absolute Gasteiger partial charge is 0.378 e. The van der Waals surface area contributed by atoms with E-state index in [4.69, 9.17) is 5.73 Å². The molecule has 0 unspecified atom stereocenters. The fourth-order valence-electron chi connectivity index (χ4n) is 2.53. The molecule has 10 heteroatoms.